The average molecular weight is 230 g/mol. The summed E-state index contributed by atoms with van der Waals surface area (Å²) in [5.41, 5.74) is 2.73. The minimum absolute atomic E-state index is 0.0530. The first-order chi connectivity index (χ1) is 7.99. The molecule has 1 unspecified atom stereocenters. The fraction of sp³-hybridized carbons (Fsp3) is 0.533. The molecular formula is C15H22N2. The molecule has 0 aliphatic rings. The zero-order valence-electron chi connectivity index (χ0n) is 11.2. The van der Waals surface area contributed by atoms with Gasteiger partial charge in [-0.2, -0.15) is 5.26 Å². The summed E-state index contributed by atoms with van der Waals surface area (Å²) in [6.07, 6.45) is 1.07. The molecule has 2 nitrogen and oxygen atoms in total. The largest absolute Gasteiger partial charge is 0.301 e. The van der Waals surface area contributed by atoms with E-state index in [2.05, 4.69) is 56.4 Å². The zero-order valence-corrected chi connectivity index (χ0v) is 11.2. The fourth-order valence-corrected chi connectivity index (χ4v) is 1.75. The van der Waals surface area contributed by atoms with Gasteiger partial charge in [-0.1, -0.05) is 45.0 Å². The summed E-state index contributed by atoms with van der Waals surface area (Å²) < 4.78 is 0. The smallest absolute Gasteiger partial charge is 0.0924 e. The number of hydrogen-bond acceptors (Lipinski definition) is 2. The summed E-state index contributed by atoms with van der Waals surface area (Å²) in [6, 6.07) is 10.9. The second-order valence-corrected chi connectivity index (χ2v) is 5.17. The standard InChI is InChI=1S/C15H22N2/c1-5-13-6-8-14(9-7-13)15(3,4)11-17-12(2)10-16/h6-9,12,17H,5,11H2,1-4H3. The van der Waals surface area contributed by atoms with Gasteiger partial charge in [-0.05, 0) is 24.5 Å². The van der Waals surface area contributed by atoms with Crippen molar-refractivity contribution in [2.45, 2.75) is 45.6 Å². The van der Waals surface area contributed by atoms with Crippen molar-refractivity contribution in [3.63, 3.8) is 0 Å². The van der Waals surface area contributed by atoms with Gasteiger partial charge >= 0.3 is 0 Å². The number of benzene rings is 1. The number of nitriles is 1. The van der Waals surface area contributed by atoms with Gasteiger partial charge in [-0.3, -0.25) is 0 Å². The Morgan fingerprint density at radius 3 is 2.35 bits per heavy atom. The Hall–Kier alpha value is -1.33. The van der Waals surface area contributed by atoms with E-state index >= 15 is 0 Å². The Kier molecular flexibility index (Phi) is 4.72. The molecule has 0 aromatic heterocycles. The molecule has 0 aliphatic heterocycles. The third-order valence-electron chi connectivity index (χ3n) is 3.19. The fourth-order valence-electron chi connectivity index (χ4n) is 1.75. The zero-order chi connectivity index (χ0) is 12.9. The van der Waals surface area contributed by atoms with Crippen LogP contribution in [0, 0.1) is 11.3 Å². The van der Waals surface area contributed by atoms with E-state index in [1.54, 1.807) is 0 Å². The van der Waals surface area contributed by atoms with E-state index in [0.717, 1.165) is 13.0 Å². The summed E-state index contributed by atoms with van der Waals surface area (Å²) in [5.74, 6) is 0. The highest BCUT2D eigenvalue weighted by molar-refractivity contribution is 5.28. The van der Waals surface area contributed by atoms with E-state index in [4.69, 9.17) is 5.26 Å². The highest BCUT2D eigenvalue weighted by Crippen LogP contribution is 2.22. The molecular weight excluding hydrogens is 208 g/mol. The van der Waals surface area contributed by atoms with Crippen LogP contribution < -0.4 is 5.32 Å². The molecule has 1 atom stereocenters. The van der Waals surface area contributed by atoms with E-state index in [1.165, 1.54) is 11.1 Å². The topological polar surface area (TPSA) is 35.8 Å². The van der Waals surface area contributed by atoms with Crippen molar-refractivity contribution in [3.05, 3.63) is 35.4 Å². The normalized spacial score (nSPS) is 13.1. The maximum absolute atomic E-state index is 8.76. The molecule has 0 saturated carbocycles. The minimum atomic E-state index is -0.0933. The molecule has 0 spiro atoms. The molecule has 0 fully saturated rings. The molecule has 1 aromatic carbocycles. The lowest BCUT2D eigenvalue weighted by Crippen LogP contribution is -2.37. The van der Waals surface area contributed by atoms with Crippen LogP contribution in [0.5, 0.6) is 0 Å². The van der Waals surface area contributed by atoms with Gasteiger partial charge in [0.15, 0.2) is 0 Å². The Balaban J connectivity index is 2.71. The number of rotatable bonds is 5. The summed E-state index contributed by atoms with van der Waals surface area (Å²) >= 11 is 0. The van der Waals surface area contributed by atoms with Crippen molar-refractivity contribution in [2.75, 3.05) is 6.54 Å². The highest BCUT2D eigenvalue weighted by Gasteiger charge is 2.20. The van der Waals surface area contributed by atoms with Crippen LogP contribution in [-0.2, 0) is 11.8 Å². The minimum Gasteiger partial charge on any atom is -0.301 e. The second kappa shape index (κ2) is 5.84. The number of aryl methyl sites for hydroxylation is 1. The van der Waals surface area contributed by atoms with Crippen LogP contribution >= 0.6 is 0 Å². The molecule has 0 aliphatic carbocycles. The molecule has 1 N–H and O–H groups in total. The molecule has 0 saturated heterocycles. The van der Waals surface area contributed by atoms with Gasteiger partial charge in [0.2, 0.25) is 0 Å². The Morgan fingerprint density at radius 2 is 1.88 bits per heavy atom. The Bertz CT molecular complexity index is 384. The van der Waals surface area contributed by atoms with Crippen LogP contribution in [0.15, 0.2) is 24.3 Å². The van der Waals surface area contributed by atoms with Crippen LogP contribution in [0.1, 0.15) is 38.8 Å². The summed E-state index contributed by atoms with van der Waals surface area (Å²) in [7, 11) is 0. The van der Waals surface area contributed by atoms with E-state index in [9.17, 15) is 0 Å². The lowest BCUT2D eigenvalue weighted by molar-refractivity contribution is 0.457. The van der Waals surface area contributed by atoms with Crippen LogP contribution in [0.2, 0.25) is 0 Å². The van der Waals surface area contributed by atoms with Gasteiger partial charge in [0, 0.05) is 12.0 Å². The van der Waals surface area contributed by atoms with Gasteiger partial charge in [0.05, 0.1) is 12.1 Å². The molecule has 0 bridgehead atoms. The third kappa shape index (κ3) is 3.87. The van der Waals surface area contributed by atoms with Gasteiger partial charge in [-0.15, -0.1) is 0 Å². The summed E-state index contributed by atoms with van der Waals surface area (Å²) in [6.45, 7) is 9.26. The summed E-state index contributed by atoms with van der Waals surface area (Å²) in [5, 5.41) is 12.0. The molecule has 92 valence electrons. The SMILES string of the molecule is CCc1ccc(C(C)(C)CNC(C)C#N)cc1. The lowest BCUT2D eigenvalue weighted by atomic mass is 9.84. The van der Waals surface area contributed by atoms with E-state index < -0.39 is 0 Å². The predicted octanol–water partition coefficient (Wildman–Crippen LogP) is 3.03. The van der Waals surface area contributed by atoms with Crippen LogP contribution in [-0.4, -0.2) is 12.6 Å². The van der Waals surface area contributed by atoms with E-state index in [-0.39, 0.29) is 11.5 Å². The number of nitrogens with zero attached hydrogens (tertiary/aromatic N) is 1. The predicted molar refractivity (Wildman–Crippen MR) is 71.9 cm³/mol. The molecule has 17 heavy (non-hydrogen) atoms. The Morgan fingerprint density at radius 1 is 1.29 bits per heavy atom. The Labute approximate surface area is 105 Å². The van der Waals surface area contributed by atoms with Gasteiger partial charge < -0.3 is 5.32 Å². The number of nitrogens with one attached hydrogen (secondary N) is 1. The van der Waals surface area contributed by atoms with Crippen LogP contribution in [0.25, 0.3) is 0 Å². The first-order valence-corrected chi connectivity index (χ1v) is 6.22. The van der Waals surface area contributed by atoms with Crippen molar-refractivity contribution in [1.29, 1.82) is 5.26 Å². The average Bonchev–Trinajstić information content (AvgIpc) is 2.36. The van der Waals surface area contributed by atoms with Crippen molar-refractivity contribution < 1.29 is 0 Å². The van der Waals surface area contributed by atoms with E-state index in [0.29, 0.717) is 0 Å². The molecule has 0 heterocycles. The second-order valence-electron chi connectivity index (χ2n) is 5.17. The van der Waals surface area contributed by atoms with Crippen molar-refractivity contribution >= 4 is 0 Å². The first kappa shape index (κ1) is 13.7. The third-order valence-corrected chi connectivity index (χ3v) is 3.19. The molecule has 1 aromatic rings. The molecule has 0 radical (unpaired) electrons. The maximum Gasteiger partial charge on any atom is 0.0924 e. The van der Waals surface area contributed by atoms with Crippen LogP contribution in [0.3, 0.4) is 0 Å². The number of hydrogen-bond donors (Lipinski definition) is 1. The quantitative estimate of drug-likeness (QED) is 0.844. The van der Waals surface area contributed by atoms with Gasteiger partial charge in [-0.25, -0.2) is 0 Å². The van der Waals surface area contributed by atoms with Crippen molar-refractivity contribution in [3.8, 4) is 6.07 Å². The van der Waals surface area contributed by atoms with Crippen LogP contribution in [0.4, 0.5) is 0 Å². The monoisotopic (exact) mass is 230 g/mol. The lowest BCUT2D eigenvalue weighted by Gasteiger charge is -2.26. The molecule has 1 rings (SSSR count). The molecule has 0 amide bonds. The summed E-state index contributed by atoms with van der Waals surface area (Å²) in [4.78, 5) is 0. The highest BCUT2D eigenvalue weighted by atomic mass is 14.9. The van der Waals surface area contributed by atoms with Crippen molar-refractivity contribution in [2.24, 2.45) is 0 Å². The molecule has 2 heteroatoms. The van der Waals surface area contributed by atoms with Gasteiger partial charge in [0.25, 0.3) is 0 Å². The first-order valence-electron chi connectivity index (χ1n) is 6.22. The maximum atomic E-state index is 8.76. The van der Waals surface area contributed by atoms with E-state index in [1.807, 2.05) is 6.92 Å². The van der Waals surface area contributed by atoms with Crippen molar-refractivity contribution in [1.82, 2.24) is 5.32 Å². The van der Waals surface area contributed by atoms with Gasteiger partial charge in [0.1, 0.15) is 0 Å².